The first-order valence-electron chi connectivity index (χ1n) is 6.23. The lowest BCUT2D eigenvalue weighted by Crippen LogP contribution is -2.34. The molecule has 3 rings (SSSR count). The van der Waals surface area contributed by atoms with Crippen molar-refractivity contribution in [1.82, 2.24) is 4.90 Å². The predicted octanol–water partition coefficient (Wildman–Crippen LogP) is 4.32. The fraction of sp³-hybridized carbons (Fsp3) is 0.214. The van der Waals surface area contributed by atoms with Gasteiger partial charge in [-0.1, -0.05) is 12.1 Å². The quantitative estimate of drug-likeness (QED) is 0.875. The number of hydrogen-bond donors (Lipinski definition) is 1. The number of rotatable bonds is 2. The number of anilines is 1. The van der Waals surface area contributed by atoms with E-state index in [-0.39, 0.29) is 11.4 Å². The zero-order valence-corrected chi connectivity index (χ0v) is 13.0. The number of thioether (sulfide) groups is 1. The van der Waals surface area contributed by atoms with Crippen molar-refractivity contribution in [2.75, 3.05) is 17.6 Å². The first-order chi connectivity index (χ1) is 9.75. The summed E-state index contributed by atoms with van der Waals surface area (Å²) in [5, 5.41) is 2.88. The van der Waals surface area contributed by atoms with Crippen molar-refractivity contribution >= 4 is 39.4 Å². The van der Waals surface area contributed by atoms with Gasteiger partial charge < -0.3 is 14.6 Å². The largest absolute Gasteiger partial charge is 0.466 e. The van der Waals surface area contributed by atoms with Gasteiger partial charge in [-0.15, -0.1) is 11.8 Å². The molecule has 1 aliphatic rings. The molecule has 0 spiro atoms. The van der Waals surface area contributed by atoms with Gasteiger partial charge in [-0.05, 0) is 40.2 Å². The molecule has 1 N–H and O–H groups in total. The average molecular weight is 353 g/mol. The number of hydrogen-bond acceptors (Lipinski definition) is 3. The van der Waals surface area contributed by atoms with Gasteiger partial charge in [0.2, 0.25) is 0 Å². The highest BCUT2D eigenvalue weighted by molar-refractivity contribution is 9.10. The van der Waals surface area contributed by atoms with Crippen molar-refractivity contribution in [2.24, 2.45) is 0 Å². The molecule has 20 heavy (non-hydrogen) atoms. The highest BCUT2D eigenvalue weighted by Gasteiger charge is 2.32. The first kappa shape index (κ1) is 13.6. The summed E-state index contributed by atoms with van der Waals surface area (Å²) in [4.78, 5) is 14.2. The number of benzene rings is 1. The van der Waals surface area contributed by atoms with Gasteiger partial charge in [0, 0.05) is 16.8 Å². The minimum atomic E-state index is -0.108. The monoisotopic (exact) mass is 352 g/mol. The van der Waals surface area contributed by atoms with Crippen molar-refractivity contribution in [3.63, 3.8) is 0 Å². The smallest absolute Gasteiger partial charge is 0.323 e. The van der Waals surface area contributed by atoms with Gasteiger partial charge >= 0.3 is 6.03 Å². The number of carbonyl (C=O) groups excluding carboxylic acids is 1. The van der Waals surface area contributed by atoms with E-state index in [1.165, 1.54) is 0 Å². The molecule has 0 bridgehead atoms. The Morgan fingerprint density at radius 3 is 2.95 bits per heavy atom. The molecule has 1 aromatic heterocycles. The molecule has 2 heterocycles. The van der Waals surface area contributed by atoms with E-state index in [2.05, 4.69) is 21.2 Å². The fourth-order valence-corrected chi connectivity index (χ4v) is 3.68. The summed E-state index contributed by atoms with van der Waals surface area (Å²) in [6, 6.07) is 11.2. The van der Waals surface area contributed by atoms with Gasteiger partial charge in [0.15, 0.2) is 0 Å². The lowest BCUT2D eigenvalue weighted by Gasteiger charge is -2.22. The summed E-state index contributed by atoms with van der Waals surface area (Å²) in [5.41, 5.74) is 0.771. The third kappa shape index (κ3) is 2.71. The Morgan fingerprint density at radius 1 is 1.35 bits per heavy atom. The van der Waals surface area contributed by atoms with Gasteiger partial charge in [-0.25, -0.2) is 4.79 Å². The normalized spacial score (nSPS) is 18.2. The van der Waals surface area contributed by atoms with Gasteiger partial charge in [0.1, 0.15) is 11.1 Å². The van der Waals surface area contributed by atoms with Crippen LogP contribution in [0.2, 0.25) is 0 Å². The molecule has 0 aliphatic carbocycles. The molecular weight excluding hydrogens is 340 g/mol. The number of para-hydroxylation sites is 1. The molecule has 2 aromatic rings. The van der Waals surface area contributed by atoms with Crippen LogP contribution in [0.15, 0.2) is 51.6 Å². The van der Waals surface area contributed by atoms with Crippen LogP contribution < -0.4 is 5.32 Å². The second-order valence-corrected chi connectivity index (χ2v) is 6.38. The van der Waals surface area contributed by atoms with Crippen molar-refractivity contribution in [2.45, 2.75) is 5.37 Å². The van der Waals surface area contributed by atoms with Gasteiger partial charge in [0.25, 0.3) is 0 Å². The number of nitrogens with one attached hydrogen (secondary N) is 1. The van der Waals surface area contributed by atoms with Crippen LogP contribution >= 0.6 is 27.7 Å². The molecule has 0 unspecified atom stereocenters. The predicted molar refractivity (Wildman–Crippen MR) is 83.8 cm³/mol. The molecule has 1 atom stereocenters. The van der Waals surface area contributed by atoms with E-state index in [4.69, 9.17) is 4.42 Å². The maximum absolute atomic E-state index is 12.4. The van der Waals surface area contributed by atoms with Gasteiger partial charge in [-0.2, -0.15) is 0 Å². The highest BCUT2D eigenvalue weighted by Crippen LogP contribution is 2.38. The number of urea groups is 1. The van der Waals surface area contributed by atoms with Crippen LogP contribution in [0.5, 0.6) is 0 Å². The molecule has 0 radical (unpaired) electrons. The Morgan fingerprint density at radius 2 is 2.20 bits per heavy atom. The number of furan rings is 1. The first-order valence-corrected chi connectivity index (χ1v) is 8.07. The lowest BCUT2D eigenvalue weighted by atomic mass is 10.3. The molecule has 6 heteroatoms. The number of carbonyl (C=O) groups is 1. The summed E-state index contributed by atoms with van der Waals surface area (Å²) in [6.45, 7) is 0.715. The van der Waals surface area contributed by atoms with Crippen molar-refractivity contribution in [3.05, 3.63) is 52.9 Å². The fourth-order valence-electron chi connectivity index (χ4n) is 2.10. The zero-order chi connectivity index (χ0) is 13.9. The van der Waals surface area contributed by atoms with E-state index >= 15 is 0 Å². The summed E-state index contributed by atoms with van der Waals surface area (Å²) in [7, 11) is 0. The van der Waals surface area contributed by atoms with Crippen molar-refractivity contribution < 1.29 is 9.21 Å². The molecule has 1 saturated heterocycles. The van der Waals surface area contributed by atoms with Crippen molar-refractivity contribution in [3.8, 4) is 0 Å². The number of amides is 2. The molecule has 1 aliphatic heterocycles. The molecule has 0 saturated carbocycles. The van der Waals surface area contributed by atoms with Gasteiger partial charge in [0.05, 0.1) is 12.0 Å². The molecule has 4 nitrogen and oxygen atoms in total. The van der Waals surface area contributed by atoms with Crippen LogP contribution in [0, 0.1) is 0 Å². The minimum Gasteiger partial charge on any atom is -0.466 e. The van der Waals surface area contributed by atoms with Crippen LogP contribution in [0.25, 0.3) is 0 Å². The topological polar surface area (TPSA) is 45.5 Å². The van der Waals surface area contributed by atoms with E-state index < -0.39 is 0 Å². The summed E-state index contributed by atoms with van der Waals surface area (Å²) in [5.74, 6) is 1.73. The number of halogens is 1. The van der Waals surface area contributed by atoms with Crippen LogP contribution in [0.1, 0.15) is 11.1 Å². The zero-order valence-electron chi connectivity index (χ0n) is 10.6. The second-order valence-electron chi connectivity index (χ2n) is 4.34. The Bertz CT molecular complexity index is 603. The number of nitrogens with zero attached hydrogens (tertiary/aromatic N) is 1. The van der Waals surface area contributed by atoms with Crippen LogP contribution in [0.4, 0.5) is 10.5 Å². The molecular formula is C14H13BrN2O2S. The lowest BCUT2D eigenvalue weighted by molar-refractivity contribution is 0.209. The maximum Gasteiger partial charge on any atom is 0.323 e. The third-order valence-electron chi connectivity index (χ3n) is 3.05. The SMILES string of the molecule is O=C(Nc1ccccc1Br)N1CCS[C@@H]1c1ccco1. The van der Waals surface area contributed by atoms with E-state index in [0.29, 0.717) is 6.54 Å². The molecule has 2 amide bonds. The van der Waals surface area contributed by atoms with Crippen molar-refractivity contribution in [1.29, 1.82) is 0 Å². The Kier molecular flexibility index (Phi) is 4.03. The summed E-state index contributed by atoms with van der Waals surface area (Å²) in [6.07, 6.45) is 1.64. The Labute approximate surface area is 129 Å². The Hall–Kier alpha value is -1.40. The molecule has 1 fully saturated rings. The Balaban J connectivity index is 1.75. The average Bonchev–Trinajstić information content (AvgIpc) is 3.11. The van der Waals surface area contributed by atoms with E-state index in [9.17, 15) is 4.79 Å². The van der Waals surface area contributed by atoms with Crippen LogP contribution in [-0.2, 0) is 0 Å². The van der Waals surface area contributed by atoms with Gasteiger partial charge in [-0.3, -0.25) is 0 Å². The summed E-state index contributed by atoms with van der Waals surface area (Å²) >= 11 is 5.14. The molecule has 104 valence electrons. The highest BCUT2D eigenvalue weighted by atomic mass is 79.9. The second kappa shape index (κ2) is 5.93. The molecule has 1 aromatic carbocycles. The standard InChI is InChI=1S/C14H13BrN2O2S/c15-10-4-1-2-5-11(10)16-14(18)17-7-9-20-13(17)12-6-3-8-19-12/h1-6,8,13H,7,9H2,(H,16,18)/t13-/m1/s1. The van der Waals surface area contributed by atoms with Crippen LogP contribution in [-0.4, -0.2) is 23.2 Å². The van der Waals surface area contributed by atoms with E-state index in [0.717, 1.165) is 21.7 Å². The van der Waals surface area contributed by atoms with E-state index in [1.54, 1.807) is 22.9 Å². The van der Waals surface area contributed by atoms with E-state index in [1.807, 2.05) is 36.4 Å². The third-order valence-corrected chi connectivity index (χ3v) is 4.97. The maximum atomic E-state index is 12.4. The minimum absolute atomic E-state index is 0.0486. The summed E-state index contributed by atoms with van der Waals surface area (Å²) < 4.78 is 6.29. The van der Waals surface area contributed by atoms with Crippen LogP contribution in [0.3, 0.4) is 0 Å².